The highest BCUT2D eigenvalue weighted by Crippen LogP contribution is 2.20. The Bertz CT molecular complexity index is 580. The third-order valence-corrected chi connectivity index (χ3v) is 2.47. The van der Waals surface area contributed by atoms with Gasteiger partial charge in [-0.3, -0.25) is 5.32 Å². The number of aliphatic imine (C=N–C) groups is 1. The van der Waals surface area contributed by atoms with Crippen molar-refractivity contribution in [2.24, 2.45) is 4.99 Å². The van der Waals surface area contributed by atoms with Crippen LogP contribution < -0.4 is 5.32 Å². The molecule has 1 heterocycles. The van der Waals surface area contributed by atoms with Crippen LogP contribution in [0.1, 0.15) is 5.56 Å². The summed E-state index contributed by atoms with van der Waals surface area (Å²) in [7, 11) is -6.09. The lowest BCUT2D eigenvalue weighted by atomic mass is 10.2. The van der Waals surface area contributed by atoms with Crippen LogP contribution in [0.2, 0.25) is 0 Å². The van der Waals surface area contributed by atoms with Gasteiger partial charge in [0, 0.05) is 0 Å². The summed E-state index contributed by atoms with van der Waals surface area (Å²) in [6, 6.07) is 10.2. The summed E-state index contributed by atoms with van der Waals surface area (Å²) in [6.07, 6.45) is 3.75. The molecule has 1 aliphatic heterocycles. The van der Waals surface area contributed by atoms with Crippen molar-refractivity contribution in [2.75, 3.05) is 0 Å². The van der Waals surface area contributed by atoms with Gasteiger partial charge in [-0.2, -0.15) is 18.2 Å². The molecule has 1 aliphatic rings. The maximum absolute atomic E-state index is 10.7. The minimum absolute atomic E-state index is 1.05. The molecule has 104 valence electrons. The van der Waals surface area contributed by atoms with E-state index in [1.807, 2.05) is 35.9 Å². The van der Waals surface area contributed by atoms with Gasteiger partial charge in [-0.25, -0.2) is 8.42 Å². The van der Waals surface area contributed by atoms with Gasteiger partial charge in [-0.05, 0) is 12.1 Å². The summed E-state index contributed by atoms with van der Waals surface area (Å²) in [5.41, 5.74) is -4.47. The van der Waals surface area contributed by atoms with Crippen LogP contribution in [0.4, 0.5) is 13.2 Å². The van der Waals surface area contributed by atoms with Crippen molar-refractivity contribution in [3.05, 3.63) is 48.3 Å². The van der Waals surface area contributed by atoms with Crippen LogP contribution in [0.25, 0.3) is 0 Å². The lowest BCUT2D eigenvalue weighted by molar-refractivity contribution is -0.456. The van der Waals surface area contributed by atoms with E-state index in [1.54, 1.807) is 0 Å². The molecule has 0 radical (unpaired) electrons. The minimum Gasteiger partial charge on any atom is -0.741 e. The largest absolute Gasteiger partial charge is 0.741 e. The van der Waals surface area contributed by atoms with E-state index < -0.39 is 15.6 Å². The van der Waals surface area contributed by atoms with E-state index >= 15 is 0 Å². The minimum atomic E-state index is -6.09. The SMILES string of the molecule is C1=C[NH2+]C(c2ccccc2)=N1.O=S(=O)([O-])C(F)(F)F. The summed E-state index contributed by atoms with van der Waals surface area (Å²) in [5, 5.41) is 2.01. The van der Waals surface area contributed by atoms with Gasteiger partial charge < -0.3 is 4.55 Å². The molecule has 0 fully saturated rings. The van der Waals surface area contributed by atoms with Gasteiger partial charge in [0.2, 0.25) is 5.84 Å². The quantitative estimate of drug-likeness (QED) is 0.605. The zero-order valence-corrected chi connectivity index (χ0v) is 10.1. The second-order valence-corrected chi connectivity index (χ2v) is 4.66. The highest BCUT2D eigenvalue weighted by atomic mass is 32.2. The van der Waals surface area contributed by atoms with Crippen molar-refractivity contribution in [3.8, 4) is 0 Å². The molecule has 2 rings (SSSR count). The predicted octanol–water partition coefficient (Wildman–Crippen LogP) is 0.533. The average Bonchev–Trinajstić information content (AvgIpc) is 2.81. The molecule has 0 aromatic heterocycles. The summed E-state index contributed by atoms with van der Waals surface area (Å²) in [4.78, 5) is 4.19. The van der Waals surface area contributed by atoms with Gasteiger partial charge in [0.1, 0.15) is 6.20 Å². The summed E-state index contributed by atoms with van der Waals surface area (Å²) < 4.78 is 58.9. The van der Waals surface area contributed by atoms with Crippen LogP contribution in [0.5, 0.6) is 0 Å². The van der Waals surface area contributed by atoms with Crippen molar-refractivity contribution in [2.45, 2.75) is 5.51 Å². The Morgan fingerprint density at radius 1 is 1.16 bits per heavy atom. The van der Waals surface area contributed by atoms with E-state index in [0.717, 1.165) is 5.84 Å². The third-order valence-electron chi connectivity index (χ3n) is 1.91. The molecule has 19 heavy (non-hydrogen) atoms. The van der Waals surface area contributed by atoms with Crippen LogP contribution in [0, 0.1) is 0 Å². The fraction of sp³-hybridized carbons (Fsp3) is 0.100. The Balaban J connectivity index is 0.000000203. The van der Waals surface area contributed by atoms with Crippen molar-refractivity contribution in [1.29, 1.82) is 0 Å². The first-order valence-electron chi connectivity index (χ1n) is 4.87. The molecule has 0 amide bonds. The van der Waals surface area contributed by atoms with Crippen molar-refractivity contribution < 1.29 is 31.5 Å². The van der Waals surface area contributed by atoms with Crippen molar-refractivity contribution >= 4 is 16.0 Å². The molecular formula is C10H9F3N2O3S. The topological polar surface area (TPSA) is 86.2 Å². The van der Waals surface area contributed by atoms with E-state index in [1.165, 1.54) is 5.56 Å². The average molecular weight is 294 g/mol. The molecule has 5 nitrogen and oxygen atoms in total. The number of nitrogens with two attached hydrogens (primary N) is 1. The van der Waals surface area contributed by atoms with Gasteiger partial charge >= 0.3 is 5.51 Å². The number of hydrogen-bond acceptors (Lipinski definition) is 4. The predicted molar refractivity (Wildman–Crippen MR) is 59.8 cm³/mol. The molecule has 0 spiro atoms. The Labute approximate surface area is 107 Å². The summed E-state index contributed by atoms with van der Waals surface area (Å²) >= 11 is 0. The van der Waals surface area contributed by atoms with Crippen LogP contribution in [0.3, 0.4) is 0 Å². The maximum atomic E-state index is 10.7. The van der Waals surface area contributed by atoms with Gasteiger partial charge in [0.05, 0.1) is 11.8 Å². The third kappa shape index (κ3) is 4.81. The highest BCUT2D eigenvalue weighted by molar-refractivity contribution is 7.86. The monoisotopic (exact) mass is 294 g/mol. The lowest BCUT2D eigenvalue weighted by Crippen LogP contribution is -2.81. The number of benzene rings is 1. The number of amidine groups is 1. The number of rotatable bonds is 1. The summed E-state index contributed by atoms with van der Waals surface area (Å²) in [5.74, 6) is 1.05. The van der Waals surface area contributed by atoms with E-state index in [4.69, 9.17) is 13.0 Å². The second kappa shape index (κ2) is 5.95. The zero-order chi connectivity index (χ0) is 14.5. The van der Waals surface area contributed by atoms with Crippen LogP contribution in [-0.2, 0) is 10.1 Å². The molecule has 0 bridgehead atoms. The lowest BCUT2D eigenvalue weighted by Gasteiger charge is -2.08. The van der Waals surface area contributed by atoms with Crippen LogP contribution in [0.15, 0.2) is 47.7 Å². The number of nitrogens with zero attached hydrogens (tertiary/aromatic N) is 1. The Hall–Kier alpha value is -1.71. The first-order valence-corrected chi connectivity index (χ1v) is 6.28. The fourth-order valence-corrected chi connectivity index (χ4v) is 1.08. The Morgan fingerprint density at radius 3 is 2.05 bits per heavy atom. The standard InChI is InChI=1S/C9H8N2.CHF3O3S/c1-2-4-8(5-3-1)9-10-6-7-11-9;2-1(3,4)8(5,6)7/h1-7H,(H,10,11);(H,5,6,7). The number of alkyl halides is 3. The summed E-state index contributed by atoms with van der Waals surface area (Å²) in [6.45, 7) is 0. The van der Waals surface area contributed by atoms with Crippen molar-refractivity contribution in [3.63, 3.8) is 0 Å². The number of hydrogen-bond donors (Lipinski definition) is 1. The maximum Gasteiger partial charge on any atom is 0.485 e. The van der Waals surface area contributed by atoms with E-state index in [-0.39, 0.29) is 0 Å². The fourth-order valence-electron chi connectivity index (χ4n) is 1.08. The van der Waals surface area contributed by atoms with Gasteiger partial charge in [-0.15, -0.1) is 0 Å². The van der Waals surface area contributed by atoms with Gasteiger partial charge in [0.15, 0.2) is 10.1 Å². The van der Waals surface area contributed by atoms with Gasteiger partial charge in [0.25, 0.3) is 0 Å². The molecule has 1 aromatic rings. The molecule has 9 heteroatoms. The Kier molecular flexibility index (Phi) is 4.81. The normalized spacial score (nSPS) is 14.6. The number of halogens is 3. The van der Waals surface area contributed by atoms with Crippen molar-refractivity contribution in [1.82, 2.24) is 0 Å². The first kappa shape index (κ1) is 15.3. The molecular weight excluding hydrogens is 285 g/mol. The smallest absolute Gasteiger partial charge is 0.485 e. The molecule has 0 aliphatic carbocycles. The number of quaternary nitrogens is 1. The highest BCUT2D eigenvalue weighted by Gasteiger charge is 2.36. The van der Waals surface area contributed by atoms with Gasteiger partial charge in [-0.1, -0.05) is 18.2 Å². The van der Waals surface area contributed by atoms with Crippen LogP contribution in [-0.4, -0.2) is 24.3 Å². The molecule has 0 unspecified atom stereocenters. The van der Waals surface area contributed by atoms with Crippen LogP contribution >= 0.6 is 0 Å². The molecule has 0 atom stereocenters. The van der Waals surface area contributed by atoms with E-state index in [9.17, 15) is 13.2 Å². The molecule has 0 saturated heterocycles. The Morgan fingerprint density at radius 2 is 1.68 bits per heavy atom. The molecule has 1 aromatic carbocycles. The van der Waals surface area contributed by atoms with E-state index in [2.05, 4.69) is 17.1 Å². The first-order chi connectivity index (χ1) is 8.72. The zero-order valence-electron chi connectivity index (χ0n) is 9.33. The molecule has 2 N–H and O–H groups in total. The van der Waals surface area contributed by atoms with E-state index in [0.29, 0.717) is 0 Å². The molecule has 0 saturated carbocycles. The second-order valence-electron chi connectivity index (χ2n) is 3.29.